The maximum absolute atomic E-state index is 12.2. The number of hydrogen-bond acceptors (Lipinski definition) is 3. The minimum absolute atomic E-state index is 0.150. The first-order chi connectivity index (χ1) is 10.1. The minimum Gasteiger partial charge on any atom is -0.397 e. The van der Waals surface area contributed by atoms with E-state index in [9.17, 15) is 9.90 Å². The van der Waals surface area contributed by atoms with Gasteiger partial charge >= 0.3 is 0 Å². The van der Waals surface area contributed by atoms with Crippen molar-refractivity contribution < 1.29 is 9.90 Å². The van der Waals surface area contributed by atoms with Gasteiger partial charge in [-0.15, -0.1) is 0 Å². The highest BCUT2D eigenvalue weighted by molar-refractivity contribution is 6.00. The fourth-order valence-electron chi connectivity index (χ4n) is 3.05. The van der Waals surface area contributed by atoms with Gasteiger partial charge in [0.25, 0.3) is 5.91 Å². The maximum atomic E-state index is 12.2. The molecule has 1 aromatic heterocycles. The van der Waals surface area contributed by atoms with E-state index in [1.807, 2.05) is 12.1 Å². The molecule has 3 rings (SSSR count). The molecule has 1 aliphatic rings. The van der Waals surface area contributed by atoms with E-state index < -0.39 is 0 Å². The first-order valence-corrected chi connectivity index (χ1v) is 7.48. The number of fused-ring (bicyclic) bond motifs is 1. The zero-order valence-electron chi connectivity index (χ0n) is 11.9. The zero-order valence-corrected chi connectivity index (χ0v) is 11.9. The van der Waals surface area contributed by atoms with Gasteiger partial charge in [-0.2, -0.15) is 0 Å². The van der Waals surface area contributed by atoms with E-state index in [1.54, 1.807) is 12.1 Å². The van der Waals surface area contributed by atoms with Crippen molar-refractivity contribution in [1.82, 2.24) is 10.3 Å². The summed E-state index contributed by atoms with van der Waals surface area (Å²) in [6.45, 7) is 0.519. The highest BCUT2D eigenvalue weighted by Crippen LogP contribution is 2.24. The highest BCUT2D eigenvalue weighted by Gasteiger charge is 2.23. The van der Waals surface area contributed by atoms with Gasteiger partial charge in [0.2, 0.25) is 0 Å². The second-order valence-corrected chi connectivity index (χ2v) is 5.82. The van der Waals surface area contributed by atoms with Crippen molar-refractivity contribution in [2.75, 3.05) is 12.3 Å². The molecular weight excluding hydrogens is 266 g/mol. The fraction of sp³-hybridized carbons (Fsp3) is 0.438. The molecule has 0 bridgehead atoms. The van der Waals surface area contributed by atoms with Crippen LogP contribution < -0.4 is 11.1 Å². The van der Waals surface area contributed by atoms with Crippen LogP contribution in [0.2, 0.25) is 0 Å². The number of amides is 1. The number of aliphatic hydroxyl groups is 1. The van der Waals surface area contributed by atoms with Crippen LogP contribution in [0.15, 0.2) is 24.3 Å². The van der Waals surface area contributed by atoms with Gasteiger partial charge in [-0.1, -0.05) is 25.0 Å². The second-order valence-electron chi connectivity index (χ2n) is 5.82. The van der Waals surface area contributed by atoms with Crippen LogP contribution in [0.4, 0.5) is 5.69 Å². The van der Waals surface area contributed by atoms with Crippen LogP contribution in [0.5, 0.6) is 0 Å². The smallest absolute Gasteiger partial charge is 0.267 e. The van der Waals surface area contributed by atoms with Crippen LogP contribution in [-0.2, 0) is 0 Å². The molecule has 1 amide bonds. The summed E-state index contributed by atoms with van der Waals surface area (Å²) in [5, 5.41) is 13.8. The lowest BCUT2D eigenvalue weighted by Gasteiger charge is -2.27. The molecule has 1 aromatic carbocycles. The van der Waals surface area contributed by atoms with Gasteiger partial charge in [0.15, 0.2) is 0 Å². The molecule has 1 heterocycles. The van der Waals surface area contributed by atoms with E-state index in [0.717, 1.165) is 36.6 Å². The van der Waals surface area contributed by atoms with E-state index in [1.165, 1.54) is 0 Å². The average Bonchev–Trinajstić information content (AvgIpc) is 2.92. The third-order valence-corrected chi connectivity index (χ3v) is 4.33. The summed E-state index contributed by atoms with van der Waals surface area (Å²) in [5.41, 5.74) is 7.82. The van der Waals surface area contributed by atoms with Gasteiger partial charge in [-0.05, 0) is 25.0 Å². The predicted molar refractivity (Wildman–Crippen MR) is 83.0 cm³/mol. The largest absolute Gasteiger partial charge is 0.397 e. The number of anilines is 1. The van der Waals surface area contributed by atoms with Crippen molar-refractivity contribution >= 4 is 22.5 Å². The lowest BCUT2D eigenvalue weighted by molar-refractivity contribution is 0.0662. The van der Waals surface area contributed by atoms with Gasteiger partial charge in [-0.25, -0.2) is 0 Å². The number of carbonyl (C=O) groups is 1. The Morgan fingerprint density at radius 2 is 2.19 bits per heavy atom. The van der Waals surface area contributed by atoms with Crippen molar-refractivity contribution in [3.05, 3.63) is 30.0 Å². The summed E-state index contributed by atoms with van der Waals surface area (Å²) >= 11 is 0. The molecule has 2 aromatic rings. The molecule has 2 atom stereocenters. The topological polar surface area (TPSA) is 91.1 Å². The van der Waals surface area contributed by atoms with Crippen molar-refractivity contribution in [2.24, 2.45) is 5.92 Å². The molecule has 0 saturated heterocycles. The summed E-state index contributed by atoms with van der Waals surface area (Å²) in [6, 6.07) is 7.40. The van der Waals surface area contributed by atoms with Crippen LogP contribution >= 0.6 is 0 Å². The Labute approximate surface area is 123 Å². The molecule has 112 valence electrons. The quantitative estimate of drug-likeness (QED) is 0.651. The van der Waals surface area contributed by atoms with E-state index in [-0.39, 0.29) is 17.9 Å². The van der Waals surface area contributed by atoms with Gasteiger partial charge in [0.1, 0.15) is 5.69 Å². The molecule has 1 aliphatic carbocycles. The number of rotatable bonds is 3. The van der Waals surface area contributed by atoms with Crippen LogP contribution in [0, 0.1) is 5.92 Å². The Hall–Kier alpha value is -2.01. The maximum Gasteiger partial charge on any atom is 0.267 e. The third-order valence-electron chi connectivity index (χ3n) is 4.33. The summed E-state index contributed by atoms with van der Waals surface area (Å²) in [4.78, 5) is 15.3. The Bertz CT molecular complexity index is 650. The zero-order chi connectivity index (χ0) is 14.8. The Balaban J connectivity index is 1.68. The second kappa shape index (κ2) is 5.77. The van der Waals surface area contributed by atoms with Gasteiger partial charge < -0.3 is 21.1 Å². The lowest BCUT2D eigenvalue weighted by atomic mass is 9.86. The van der Waals surface area contributed by atoms with Crippen LogP contribution in [0.25, 0.3) is 10.9 Å². The number of aromatic amines is 1. The van der Waals surface area contributed by atoms with Crippen molar-refractivity contribution in [1.29, 1.82) is 0 Å². The number of para-hydroxylation sites is 1. The van der Waals surface area contributed by atoms with Gasteiger partial charge in [0, 0.05) is 17.8 Å². The van der Waals surface area contributed by atoms with E-state index in [4.69, 9.17) is 5.73 Å². The normalized spacial score (nSPS) is 22.3. The molecule has 5 N–H and O–H groups in total. The number of aliphatic hydroxyl groups excluding tert-OH is 1. The number of nitrogens with one attached hydrogen (secondary N) is 2. The fourth-order valence-corrected chi connectivity index (χ4v) is 3.05. The molecule has 0 radical (unpaired) electrons. The molecule has 0 spiro atoms. The van der Waals surface area contributed by atoms with Crippen LogP contribution in [0.1, 0.15) is 36.2 Å². The summed E-state index contributed by atoms with van der Waals surface area (Å²) < 4.78 is 0. The molecule has 0 aliphatic heterocycles. The first kappa shape index (κ1) is 13.9. The predicted octanol–water partition coefficient (Wildman–Crippen LogP) is 2.03. The molecule has 5 nitrogen and oxygen atoms in total. The Morgan fingerprint density at radius 3 is 2.95 bits per heavy atom. The molecule has 2 unspecified atom stereocenters. The lowest BCUT2D eigenvalue weighted by Crippen LogP contribution is -2.36. The van der Waals surface area contributed by atoms with Crippen LogP contribution in [-0.4, -0.2) is 28.6 Å². The number of carbonyl (C=O) groups excluding carboxylic acids is 1. The number of nitrogens with two attached hydrogens (primary N) is 1. The van der Waals surface area contributed by atoms with Gasteiger partial charge in [0.05, 0.1) is 17.3 Å². The van der Waals surface area contributed by atoms with Crippen molar-refractivity contribution in [2.45, 2.75) is 31.8 Å². The molecular formula is C16H21N3O2. The van der Waals surface area contributed by atoms with Crippen LogP contribution in [0.3, 0.4) is 0 Å². The standard InChI is InChI=1S/C16H21N3O2/c17-12-6-3-5-10-8-13(19-15(10)12)16(21)18-9-11-4-1-2-7-14(11)20/h3,5-6,8,11,14,19-20H,1-2,4,7,9,17H2,(H,18,21). The average molecular weight is 287 g/mol. The summed E-state index contributed by atoms with van der Waals surface area (Å²) in [6.07, 6.45) is 3.72. The highest BCUT2D eigenvalue weighted by atomic mass is 16.3. The Morgan fingerprint density at radius 1 is 1.38 bits per heavy atom. The summed E-state index contributed by atoms with van der Waals surface area (Å²) in [7, 11) is 0. The number of H-pyrrole nitrogens is 1. The monoisotopic (exact) mass is 287 g/mol. The number of hydrogen-bond donors (Lipinski definition) is 4. The number of aromatic nitrogens is 1. The molecule has 5 heteroatoms. The van der Waals surface area contributed by atoms with Crippen molar-refractivity contribution in [3.63, 3.8) is 0 Å². The van der Waals surface area contributed by atoms with E-state index in [2.05, 4.69) is 10.3 Å². The Kier molecular flexibility index (Phi) is 3.84. The minimum atomic E-state index is -0.294. The first-order valence-electron chi connectivity index (χ1n) is 7.48. The van der Waals surface area contributed by atoms with E-state index in [0.29, 0.717) is 17.9 Å². The summed E-state index contributed by atoms with van der Waals surface area (Å²) in [5.74, 6) is 0.0144. The molecule has 1 fully saturated rings. The van der Waals surface area contributed by atoms with E-state index >= 15 is 0 Å². The number of benzene rings is 1. The SMILES string of the molecule is Nc1cccc2cc(C(=O)NCC3CCCCC3O)[nH]c12. The van der Waals surface area contributed by atoms with Gasteiger partial charge in [-0.3, -0.25) is 4.79 Å². The molecule has 1 saturated carbocycles. The third kappa shape index (κ3) is 2.88. The molecule has 21 heavy (non-hydrogen) atoms. The number of nitrogen functional groups attached to an aromatic ring is 1. The van der Waals surface area contributed by atoms with Crippen molar-refractivity contribution in [3.8, 4) is 0 Å².